The lowest BCUT2D eigenvalue weighted by atomic mass is 9.96. The third-order valence-electron chi connectivity index (χ3n) is 4.98. The maximum atomic E-state index is 12.8. The molecule has 0 saturated heterocycles. The summed E-state index contributed by atoms with van der Waals surface area (Å²) in [5.74, 6) is -0.668. The molecule has 8 nitrogen and oxygen atoms in total. The number of ether oxygens (including phenoxy) is 2. The molecular weight excluding hydrogens is 424 g/mol. The molecule has 0 aliphatic rings. The van der Waals surface area contributed by atoms with Crippen molar-refractivity contribution in [2.24, 2.45) is 0 Å². The number of fused-ring (bicyclic) bond motifs is 1. The summed E-state index contributed by atoms with van der Waals surface area (Å²) in [6.45, 7) is 3.98. The van der Waals surface area contributed by atoms with Crippen LogP contribution in [0.4, 0.5) is 10.5 Å². The van der Waals surface area contributed by atoms with E-state index < -0.39 is 24.2 Å². The van der Waals surface area contributed by atoms with E-state index in [0.717, 1.165) is 11.6 Å². The summed E-state index contributed by atoms with van der Waals surface area (Å²) in [5.41, 5.74) is 3.71. The lowest BCUT2D eigenvalue weighted by Crippen LogP contribution is -2.28. The van der Waals surface area contributed by atoms with E-state index in [1.165, 1.54) is 17.6 Å². The predicted octanol–water partition coefficient (Wildman–Crippen LogP) is 4.61. The van der Waals surface area contributed by atoms with E-state index in [1.54, 1.807) is 49.4 Å². The fraction of sp³-hybridized carbons (Fsp3) is 0.200. The van der Waals surface area contributed by atoms with Crippen LogP contribution >= 0.6 is 0 Å². The largest absolute Gasteiger partial charge is 0.507 e. The van der Waals surface area contributed by atoms with E-state index in [-0.39, 0.29) is 12.4 Å². The zero-order valence-electron chi connectivity index (χ0n) is 18.3. The second-order valence-electron chi connectivity index (χ2n) is 7.29. The van der Waals surface area contributed by atoms with Crippen LogP contribution in [0.5, 0.6) is 5.75 Å². The first-order valence-electron chi connectivity index (χ1n) is 10.4. The number of nitrogens with one attached hydrogen (secondary N) is 2. The van der Waals surface area contributed by atoms with Crippen LogP contribution in [0, 0.1) is 6.92 Å². The number of hydrogen-bond donors (Lipinski definition) is 4. The van der Waals surface area contributed by atoms with Gasteiger partial charge in [0.1, 0.15) is 11.9 Å². The fourth-order valence-corrected chi connectivity index (χ4v) is 3.42. The van der Waals surface area contributed by atoms with Gasteiger partial charge in [-0.3, -0.25) is 15.3 Å². The minimum Gasteiger partial charge on any atom is -0.507 e. The molecule has 3 rings (SSSR count). The molecule has 0 aliphatic carbocycles. The van der Waals surface area contributed by atoms with E-state index in [9.17, 15) is 14.7 Å². The molecule has 0 aromatic heterocycles. The van der Waals surface area contributed by atoms with Gasteiger partial charge in [0.05, 0.1) is 0 Å². The summed E-state index contributed by atoms with van der Waals surface area (Å²) in [6.07, 6.45) is -0.0455. The molecular formula is C25H26N2O6. The van der Waals surface area contributed by atoms with Gasteiger partial charge in [0, 0.05) is 29.3 Å². The molecule has 3 aromatic carbocycles. The van der Waals surface area contributed by atoms with Gasteiger partial charge in [-0.25, -0.2) is 10.3 Å². The number of benzene rings is 3. The number of phenolic OH excluding ortho intramolecular Hbond substituents is 1. The Balaban J connectivity index is 2.01. The summed E-state index contributed by atoms with van der Waals surface area (Å²) >= 11 is 0. The highest BCUT2D eigenvalue weighted by Gasteiger charge is 2.28. The molecule has 172 valence electrons. The highest BCUT2D eigenvalue weighted by atomic mass is 16.6. The number of aromatic hydroxyl groups is 1. The van der Waals surface area contributed by atoms with Crippen LogP contribution in [0.3, 0.4) is 0 Å². The summed E-state index contributed by atoms with van der Waals surface area (Å²) in [6, 6.07) is 17.5. The Kier molecular flexibility index (Phi) is 8.01. The molecule has 0 spiro atoms. The van der Waals surface area contributed by atoms with Crippen molar-refractivity contribution in [3.63, 3.8) is 0 Å². The Bertz CT molecular complexity index is 1140. The standard InChI is InChI=1S/C25H26N2O6/c1-3-32-22(14-15-23(29)27-31)24(33-25(30)26-17-10-8-16(2)9-11-17)20-12-13-21(28)19-7-5-4-6-18(19)20/h4-15,22,24,28,31H,3H2,1-2H3,(H,26,30)(H,27,29)/b15-14+/t22-,24-/m1/s1. The van der Waals surface area contributed by atoms with Crippen LogP contribution in [0.15, 0.2) is 72.8 Å². The molecule has 0 bridgehead atoms. The topological polar surface area (TPSA) is 117 Å². The van der Waals surface area contributed by atoms with Gasteiger partial charge in [-0.2, -0.15) is 0 Å². The number of aryl methyl sites for hydroxylation is 1. The van der Waals surface area contributed by atoms with Gasteiger partial charge >= 0.3 is 6.09 Å². The Morgan fingerprint density at radius 2 is 1.73 bits per heavy atom. The van der Waals surface area contributed by atoms with Crippen LogP contribution in [-0.4, -0.2) is 35.0 Å². The highest BCUT2D eigenvalue weighted by molar-refractivity contribution is 5.92. The van der Waals surface area contributed by atoms with Crippen molar-refractivity contribution in [3.05, 3.63) is 83.9 Å². The summed E-state index contributed by atoms with van der Waals surface area (Å²) in [5, 5.41) is 23.0. The zero-order valence-corrected chi connectivity index (χ0v) is 18.3. The molecule has 4 N–H and O–H groups in total. The second-order valence-corrected chi connectivity index (χ2v) is 7.29. The second kappa shape index (κ2) is 11.1. The van der Waals surface area contributed by atoms with Gasteiger partial charge in [0.25, 0.3) is 5.91 Å². The first-order chi connectivity index (χ1) is 15.9. The van der Waals surface area contributed by atoms with E-state index in [0.29, 0.717) is 22.0 Å². The average Bonchev–Trinajstić information content (AvgIpc) is 2.82. The van der Waals surface area contributed by atoms with Crippen molar-refractivity contribution in [2.75, 3.05) is 11.9 Å². The number of carbonyl (C=O) groups is 2. The summed E-state index contributed by atoms with van der Waals surface area (Å²) in [4.78, 5) is 24.4. The van der Waals surface area contributed by atoms with E-state index >= 15 is 0 Å². The number of hydrogen-bond acceptors (Lipinski definition) is 6. The number of carbonyl (C=O) groups excluding carboxylic acids is 2. The van der Waals surface area contributed by atoms with Crippen molar-refractivity contribution >= 4 is 28.5 Å². The maximum absolute atomic E-state index is 12.8. The Hall–Kier alpha value is -3.88. The molecule has 0 radical (unpaired) electrons. The quantitative estimate of drug-likeness (QED) is 0.226. The van der Waals surface area contributed by atoms with E-state index in [1.807, 2.05) is 19.1 Å². The molecule has 0 saturated carbocycles. The number of amides is 2. The average molecular weight is 450 g/mol. The van der Waals surface area contributed by atoms with Crippen LogP contribution in [0.2, 0.25) is 0 Å². The number of anilines is 1. The van der Waals surface area contributed by atoms with Gasteiger partial charge in [0.15, 0.2) is 6.10 Å². The Labute approximate surface area is 191 Å². The van der Waals surface area contributed by atoms with Gasteiger partial charge < -0.3 is 14.6 Å². The zero-order chi connectivity index (χ0) is 23.8. The smallest absolute Gasteiger partial charge is 0.412 e. The SMILES string of the molecule is CCO[C@H](/C=C/C(=O)NO)[C@H](OC(=O)Nc1ccc(C)cc1)c1ccc(O)c2ccccc12. The molecule has 2 atom stereocenters. The lowest BCUT2D eigenvalue weighted by molar-refractivity contribution is -0.124. The fourth-order valence-electron chi connectivity index (χ4n) is 3.42. The monoisotopic (exact) mass is 450 g/mol. The van der Waals surface area contributed by atoms with Crippen molar-refractivity contribution in [2.45, 2.75) is 26.1 Å². The normalized spacial score (nSPS) is 12.9. The van der Waals surface area contributed by atoms with Crippen LogP contribution < -0.4 is 10.8 Å². The van der Waals surface area contributed by atoms with E-state index in [4.69, 9.17) is 14.7 Å². The third kappa shape index (κ3) is 6.09. The molecule has 8 heteroatoms. The predicted molar refractivity (Wildman–Crippen MR) is 124 cm³/mol. The summed E-state index contributed by atoms with van der Waals surface area (Å²) in [7, 11) is 0. The molecule has 33 heavy (non-hydrogen) atoms. The minimum atomic E-state index is -0.969. The minimum absolute atomic E-state index is 0.0837. The molecule has 3 aromatic rings. The number of phenols is 1. The lowest BCUT2D eigenvalue weighted by Gasteiger charge is -2.26. The van der Waals surface area contributed by atoms with Crippen LogP contribution in [-0.2, 0) is 14.3 Å². The number of rotatable bonds is 8. The van der Waals surface area contributed by atoms with Crippen molar-refractivity contribution in [1.82, 2.24) is 5.48 Å². The maximum Gasteiger partial charge on any atom is 0.412 e. The Morgan fingerprint density at radius 1 is 1.03 bits per heavy atom. The summed E-state index contributed by atoms with van der Waals surface area (Å²) < 4.78 is 11.6. The number of hydroxylamine groups is 1. The first kappa shape index (κ1) is 23.8. The van der Waals surface area contributed by atoms with Crippen LogP contribution in [0.1, 0.15) is 24.2 Å². The van der Waals surface area contributed by atoms with Gasteiger partial charge in [0.2, 0.25) is 0 Å². The third-order valence-corrected chi connectivity index (χ3v) is 4.98. The molecule has 2 amide bonds. The molecule has 0 heterocycles. The first-order valence-corrected chi connectivity index (χ1v) is 10.4. The van der Waals surface area contributed by atoms with Gasteiger partial charge in [-0.1, -0.05) is 48.0 Å². The highest BCUT2D eigenvalue weighted by Crippen LogP contribution is 2.35. The van der Waals surface area contributed by atoms with Crippen molar-refractivity contribution < 1.29 is 29.4 Å². The van der Waals surface area contributed by atoms with E-state index in [2.05, 4.69) is 5.32 Å². The Morgan fingerprint density at radius 3 is 2.39 bits per heavy atom. The van der Waals surface area contributed by atoms with Crippen molar-refractivity contribution in [1.29, 1.82) is 0 Å². The van der Waals surface area contributed by atoms with Gasteiger partial charge in [-0.15, -0.1) is 0 Å². The molecule has 0 fully saturated rings. The molecule has 0 aliphatic heterocycles. The molecule has 0 unspecified atom stereocenters. The van der Waals surface area contributed by atoms with Crippen molar-refractivity contribution in [3.8, 4) is 5.75 Å². The van der Waals surface area contributed by atoms with Gasteiger partial charge in [-0.05, 0) is 43.5 Å². The van der Waals surface area contributed by atoms with Crippen LogP contribution in [0.25, 0.3) is 10.8 Å².